The fourth-order valence-electron chi connectivity index (χ4n) is 1.94. The summed E-state index contributed by atoms with van der Waals surface area (Å²) in [4.78, 5) is 11.7. The predicted molar refractivity (Wildman–Crippen MR) is 71.2 cm³/mol. The molecular formula is C13H15NO3S. The van der Waals surface area contributed by atoms with Crippen LogP contribution in [0.4, 0.5) is 0 Å². The van der Waals surface area contributed by atoms with E-state index in [4.69, 9.17) is 0 Å². The number of rotatable bonds is 2. The first kappa shape index (κ1) is 13.0. The van der Waals surface area contributed by atoms with Gasteiger partial charge in [0.2, 0.25) is 5.91 Å². The van der Waals surface area contributed by atoms with Gasteiger partial charge in [-0.1, -0.05) is 0 Å². The summed E-state index contributed by atoms with van der Waals surface area (Å²) >= 11 is 1.29. The van der Waals surface area contributed by atoms with Crippen LogP contribution in [0.3, 0.4) is 0 Å². The van der Waals surface area contributed by atoms with Crippen LogP contribution < -0.4 is 5.32 Å². The van der Waals surface area contributed by atoms with Gasteiger partial charge in [-0.25, -0.2) is 0 Å². The van der Waals surface area contributed by atoms with Crippen LogP contribution in [-0.2, 0) is 4.79 Å². The van der Waals surface area contributed by atoms with Crippen molar-refractivity contribution in [2.45, 2.75) is 25.2 Å². The maximum Gasteiger partial charge on any atom is 0.240 e. The van der Waals surface area contributed by atoms with Gasteiger partial charge >= 0.3 is 0 Å². The zero-order valence-electron chi connectivity index (χ0n) is 10.2. The lowest BCUT2D eigenvalue weighted by molar-refractivity contribution is -0.121. The molecule has 4 nitrogen and oxygen atoms in total. The Morgan fingerprint density at radius 2 is 1.94 bits per heavy atom. The molecule has 1 heterocycles. The molecule has 3 N–H and O–H groups in total. The summed E-state index contributed by atoms with van der Waals surface area (Å²) < 4.78 is 0. The van der Waals surface area contributed by atoms with Crippen molar-refractivity contribution in [2.75, 3.05) is 0 Å². The van der Waals surface area contributed by atoms with Crippen LogP contribution in [0.5, 0.6) is 5.75 Å². The van der Waals surface area contributed by atoms with Gasteiger partial charge < -0.3 is 15.5 Å². The predicted octanol–water partition coefficient (Wildman–Crippen LogP) is 1.75. The molecule has 1 amide bonds. The summed E-state index contributed by atoms with van der Waals surface area (Å²) in [5.74, 6) is 0.0185. The van der Waals surface area contributed by atoms with Gasteiger partial charge in [-0.05, 0) is 48.1 Å². The topological polar surface area (TPSA) is 69.6 Å². The van der Waals surface area contributed by atoms with Crippen LogP contribution >= 0.6 is 11.8 Å². The average molecular weight is 265 g/mol. The molecule has 0 fully saturated rings. The van der Waals surface area contributed by atoms with E-state index in [1.54, 1.807) is 37.6 Å². The van der Waals surface area contributed by atoms with Gasteiger partial charge in [0.1, 0.15) is 17.1 Å². The van der Waals surface area contributed by atoms with Crippen LogP contribution in [0.2, 0.25) is 0 Å². The third kappa shape index (κ3) is 2.37. The van der Waals surface area contributed by atoms with E-state index in [-0.39, 0.29) is 11.7 Å². The molecule has 2 unspecified atom stereocenters. The number of phenolic OH excluding ortho intramolecular Hbond substituents is 1. The van der Waals surface area contributed by atoms with E-state index in [9.17, 15) is 15.0 Å². The highest BCUT2D eigenvalue weighted by atomic mass is 32.2. The van der Waals surface area contributed by atoms with E-state index in [0.29, 0.717) is 16.7 Å². The minimum Gasteiger partial charge on any atom is -0.507 e. The quantitative estimate of drug-likeness (QED) is 0.762. The van der Waals surface area contributed by atoms with Crippen molar-refractivity contribution in [3.05, 3.63) is 40.4 Å². The molecule has 0 aliphatic carbocycles. The second-order valence-corrected chi connectivity index (χ2v) is 5.37. The number of thioether (sulfide) groups is 1. The van der Waals surface area contributed by atoms with Gasteiger partial charge in [-0.2, -0.15) is 0 Å². The Hall–Kier alpha value is -1.46. The number of benzene rings is 1. The lowest BCUT2D eigenvalue weighted by Gasteiger charge is -2.23. The molecule has 0 saturated heterocycles. The lowest BCUT2D eigenvalue weighted by Crippen LogP contribution is -2.35. The molecule has 0 bridgehead atoms. The minimum atomic E-state index is -0.891. The highest BCUT2D eigenvalue weighted by molar-refractivity contribution is 8.03. The van der Waals surface area contributed by atoms with Gasteiger partial charge in [0, 0.05) is 6.20 Å². The van der Waals surface area contributed by atoms with E-state index in [0.717, 1.165) is 0 Å². The number of carbonyl (C=O) groups excluding carboxylic acids is 1. The average Bonchev–Trinajstić information content (AvgIpc) is 2.35. The van der Waals surface area contributed by atoms with Crippen molar-refractivity contribution in [1.29, 1.82) is 0 Å². The Bertz CT molecular complexity index is 490. The van der Waals surface area contributed by atoms with E-state index in [2.05, 4.69) is 5.32 Å². The fraction of sp³-hybridized carbons (Fsp3) is 0.308. The van der Waals surface area contributed by atoms with Crippen LogP contribution in [0.25, 0.3) is 0 Å². The van der Waals surface area contributed by atoms with Crippen molar-refractivity contribution < 1.29 is 15.0 Å². The largest absolute Gasteiger partial charge is 0.507 e. The van der Waals surface area contributed by atoms with Gasteiger partial charge in [0.05, 0.1) is 0 Å². The normalized spacial score (nSPS) is 20.6. The maximum absolute atomic E-state index is 11.7. The molecule has 18 heavy (non-hydrogen) atoms. The Kier molecular flexibility index (Phi) is 3.63. The number of aromatic hydroxyl groups is 1. The molecule has 96 valence electrons. The fourth-order valence-corrected chi connectivity index (χ4v) is 2.75. The van der Waals surface area contributed by atoms with Crippen molar-refractivity contribution in [3.63, 3.8) is 0 Å². The number of carbonyl (C=O) groups is 1. The second kappa shape index (κ2) is 5.04. The minimum absolute atomic E-state index is 0.210. The molecule has 0 radical (unpaired) electrons. The van der Waals surface area contributed by atoms with Crippen LogP contribution in [0.15, 0.2) is 23.7 Å². The third-order valence-corrected chi connectivity index (χ3v) is 3.98. The van der Waals surface area contributed by atoms with E-state index in [1.807, 2.05) is 0 Å². The van der Waals surface area contributed by atoms with Crippen molar-refractivity contribution in [2.24, 2.45) is 0 Å². The molecule has 5 heteroatoms. The van der Waals surface area contributed by atoms with Crippen molar-refractivity contribution in [1.82, 2.24) is 5.32 Å². The standard InChI is InChI=1S/C13H15NO3S/c1-7-5-9(6-8(2)10(7)15)11(16)12-13(17)14-3-4-18-12/h3-6,11-12,15-16H,1-2H3,(H,14,17). The van der Waals surface area contributed by atoms with Gasteiger partial charge in [0.25, 0.3) is 0 Å². The third-order valence-electron chi connectivity index (χ3n) is 2.92. The molecular weight excluding hydrogens is 250 g/mol. The number of aliphatic hydroxyl groups is 1. The number of aryl methyl sites for hydroxylation is 2. The molecule has 1 aromatic rings. The van der Waals surface area contributed by atoms with Crippen LogP contribution in [-0.4, -0.2) is 21.4 Å². The molecule has 0 spiro atoms. The molecule has 0 saturated carbocycles. The highest BCUT2D eigenvalue weighted by Crippen LogP contribution is 2.32. The second-order valence-electron chi connectivity index (χ2n) is 4.32. The number of hydrogen-bond acceptors (Lipinski definition) is 4. The van der Waals surface area contributed by atoms with Crippen LogP contribution in [0.1, 0.15) is 22.8 Å². The Morgan fingerprint density at radius 3 is 2.50 bits per heavy atom. The van der Waals surface area contributed by atoms with Gasteiger partial charge in [-0.3, -0.25) is 4.79 Å². The maximum atomic E-state index is 11.7. The summed E-state index contributed by atoms with van der Waals surface area (Å²) in [6.07, 6.45) is 0.668. The lowest BCUT2D eigenvalue weighted by atomic mass is 9.99. The SMILES string of the molecule is Cc1cc(C(O)C2SC=CNC2=O)cc(C)c1O. The number of amides is 1. The highest BCUT2D eigenvalue weighted by Gasteiger charge is 2.29. The Labute approximate surface area is 110 Å². The van der Waals surface area contributed by atoms with E-state index >= 15 is 0 Å². The molecule has 1 aliphatic heterocycles. The first-order valence-electron chi connectivity index (χ1n) is 5.59. The zero-order valence-corrected chi connectivity index (χ0v) is 11.0. The Balaban J connectivity index is 2.31. The summed E-state index contributed by atoms with van der Waals surface area (Å²) in [5, 5.41) is 23.7. The first-order chi connectivity index (χ1) is 8.50. The van der Waals surface area contributed by atoms with Crippen molar-refractivity contribution in [3.8, 4) is 5.75 Å². The van der Waals surface area contributed by atoms with Gasteiger partial charge in [0.15, 0.2) is 0 Å². The molecule has 2 rings (SSSR count). The number of phenols is 1. The smallest absolute Gasteiger partial charge is 0.240 e. The molecule has 0 aromatic heterocycles. The zero-order chi connectivity index (χ0) is 13.3. The van der Waals surface area contributed by atoms with Gasteiger partial charge in [-0.15, -0.1) is 11.8 Å². The first-order valence-corrected chi connectivity index (χ1v) is 6.54. The molecule has 1 aromatic carbocycles. The Morgan fingerprint density at radius 1 is 1.33 bits per heavy atom. The van der Waals surface area contributed by atoms with Crippen molar-refractivity contribution >= 4 is 17.7 Å². The number of hydrogen-bond donors (Lipinski definition) is 3. The summed E-state index contributed by atoms with van der Waals surface area (Å²) in [7, 11) is 0. The summed E-state index contributed by atoms with van der Waals surface area (Å²) in [5.41, 5.74) is 2.03. The van der Waals surface area contributed by atoms with E-state index < -0.39 is 11.4 Å². The summed E-state index contributed by atoms with van der Waals surface area (Å²) in [6.45, 7) is 3.54. The van der Waals surface area contributed by atoms with Crippen LogP contribution in [0, 0.1) is 13.8 Å². The molecule has 2 atom stereocenters. The van der Waals surface area contributed by atoms with E-state index in [1.165, 1.54) is 11.8 Å². The number of nitrogens with one attached hydrogen (secondary N) is 1. The monoisotopic (exact) mass is 265 g/mol. The molecule has 1 aliphatic rings. The summed E-state index contributed by atoms with van der Waals surface area (Å²) in [6, 6.07) is 3.42. The number of aliphatic hydroxyl groups excluding tert-OH is 1.